The van der Waals surface area contributed by atoms with Crippen LogP contribution in [-0.4, -0.2) is 53.4 Å². The van der Waals surface area contributed by atoms with E-state index in [1.54, 1.807) is 31.8 Å². The average molecular weight is 601 g/mol. The summed E-state index contributed by atoms with van der Waals surface area (Å²) in [7, 11) is 1.67. The Morgan fingerprint density at radius 2 is 2.09 bits per heavy atom. The maximum absolute atomic E-state index is 11.8. The highest BCUT2D eigenvalue weighted by Gasteiger charge is 2.46. The summed E-state index contributed by atoms with van der Waals surface area (Å²) in [6, 6.07) is 5.51. The second-order valence-electron chi connectivity index (χ2n) is 10.9. The lowest BCUT2D eigenvalue weighted by Gasteiger charge is -2.37. The summed E-state index contributed by atoms with van der Waals surface area (Å²) in [6.45, 7) is 5.09. The number of pyridine rings is 2. The number of hydrogen-bond donors (Lipinski definition) is 1. The number of halogens is 1. The number of nitrogens with one attached hydrogen (secondary N) is 1. The summed E-state index contributed by atoms with van der Waals surface area (Å²) in [5, 5.41) is 6.69. The summed E-state index contributed by atoms with van der Waals surface area (Å²) < 4.78 is 19.8. The Bertz CT molecular complexity index is 1880. The first-order valence-corrected chi connectivity index (χ1v) is 14.6. The first-order valence-electron chi connectivity index (χ1n) is 14.2. The van der Waals surface area contributed by atoms with Gasteiger partial charge in [0, 0.05) is 44.2 Å². The van der Waals surface area contributed by atoms with E-state index in [0.29, 0.717) is 76.1 Å². The maximum atomic E-state index is 11.8. The molecule has 1 unspecified atom stereocenters. The molecule has 12 nitrogen and oxygen atoms in total. The van der Waals surface area contributed by atoms with Crippen LogP contribution in [0.25, 0.3) is 34.1 Å². The van der Waals surface area contributed by atoms with Gasteiger partial charge in [-0.3, -0.25) is 9.97 Å². The van der Waals surface area contributed by atoms with Crippen LogP contribution >= 0.6 is 11.6 Å². The van der Waals surface area contributed by atoms with E-state index in [-0.39, 0.29) is 11.7 Å². The van der Waals surface area contributed by atoms with Crippen LogP contribution in [0.15, 0.2) is 58.7 Å². The third-order valence-corrected chi connectivity index (χ3v) is 8.66. The second-order valence-corrected chi connectivity index (χ2v) is 11.4. The molecule has 0 spiro atoms. The van der Waals surface area contributed by atoms with Gasteiger partial charge in [-0.05, 0) is 55.7 Å². The first-order chi connectivity index (χ1) is 21.0. The number of hydrogen-bond acceptors (Lipinski definition) is 10. The number of rotatable bonds is 7. The molecular weight excluding hydrogens is 572 g/mol. The van der Waals surface area contributed by atoms with E-state index >= 15 is 0 Å². The SMILES string of the molecule is C=CC1CCC(Cn2c(C3(OC)CCOc4cccnc43)nc3nc(-c4n[nH]c(=O)o4)nc(-c4cncc(Cl)c4)c32)CC1. The van der Waals surface area contributed by atoms with Gasteiger partial charge in [-0.25, -0.2) is 24.8 Å². The Kier molecular flexibility index (Phi) is 7.02. The van der Waals surface area contributed by atoms with Crippen LogP contribution in [0.2, 0.25) is 5.02 Å². The first kappa shape index (κ1) is 27.4. The van der Waals surface area contributed by atoms with Gasteiger partial charge in [0.1, 0.15) is 22.7 Å². The standard InChI is InChI=1S/C30H29ClN8O4/c1-3-17-6-8-18(9-7-17)16-39-23-22(19-13-20(31)15-32-14-19)34-26(27-37-38-29(40)43-27)35-25(23)36-28(39)30(41-2)10-12-42-21-5-4-11-33-24(21)30/h3-5,11,13-15,17-18H,1,6-10,12,16H2,2H3,(H,38,40). The fourth-order valence-corrected chi connectivity index (χ4v) is 6.47. The number of nitrogens with zero attached hydrogens (tertiary/aromatic N) is 7. The van der Waals surface area contributed by atoms with Crippen LogP contribution in [0.4, 0.5) is 0 Å². The molecule has 220 valence electrons. The molecule has 5 aromatic heterocycles. The molecule has 1 aliphatic carbocycles. The largest absolute Gasteiger partial charge is 0.491 e. The molecule has 1 saturated carbocycles. The van der Waals surface area contributed by atoms with Gasteiger partial charge in [-0.1, -0.05) is 17.7 Å². The zero-order valence-corrected chi connectivity index (χ0v) is 24.3. The molecule has 1 N–H and O–H groups in total. The van der Waals surface area contributed by atoms with Crippen molar-refractivity contribution in [2.24, 2.45) is 11.8 Å². The monoisotopic (exact) mass is 600 g/mol. The van der Waals surface area contributed by atoms with Crippen molar-refractivity contribution in [1.82, 2.24) is 39.7 Å². The molecule has 7 rings (SSSR count). The smallest absolute Gasteiger partial charge is 0.434 e. The maximum Gasteiger partial charge on any atom is 0.434 e. The highest BCUT2D eigenvalue weighted by Crippen LogP contribution is 2.45. The van der Waals surface area contributed by atoms with Gasteiger partial charge in [0.15, 0.2) is 17.1 Å². The number of ether oxygens (including phenoxy) is 2. The third-order valence-electron chi connectivity index (χ3n) is 8.45. The van der Waals surface area contributed by atoms with Crippen molar-refractivity contribution in [3.8, 4) is 28.7 Å². The summed E-state index contributed by atoms with van der Waals surface area (Å²) in [4.78, 5) is 35.6. The number of aromatic nitrogens is 8. The molecule has 5 aromatic rings. The predicted molar refractivity (Wildman–Crippen MR) is 157 cm³/mol. The number of methoxy groups -OCH3 is 1. The van der Waals surface area contributed by atoms with Crippen molar-refractivity contribution >= 4 is 22.8 Å². The molecule has 0 amide bonds. The van der Waals surface area contributed by atoms with E-state index < -0.39 is 11.4 Å². The molecular formula is C30H29ClN8O4. The van der Waals surface area contributed by atoms with Gasteiger partial charge in [-0.2, -0.15) is 0 Å². The second kappa shape index (κ2) is 11.0. The molecule has 6 heterocycles. The molecule has 0 aromatic carbocycles. The van der Waals surface area contributed by atoms with E-state index in [1.807, 2.05) is 12.1 Å². The molecule has 0 bridgehead atoms. The third kappa shape index (κ3) is 4.80. The Morgan fingerprint density at radius 1 is 1.23 bits per heavy atom. The number of aromatic amines is 1. The van der Waals surface area contributed by atoms with Crippen molar-refractivity contribution in [3.63, 3.8) is 0 Å². The van der Waals surface area contributed by atoms with Gasteiger partial charge in [0.2, 0.25) is 5.82 Å². The zero-order valence-electron chi connectivity index (χ0n) is 23.5. The molecule has 0 radical (unpaired) electrons. The van der Waals surface area contributed by atoms with Gasteiger partial charge in [-0.15, -0.1) is 11.7 Å². The van der Waals surface area contributed by atoms with Crippen LogP contribution in [0, 0.1) is 11.8 Å². The van der Waals surface area contributed by atoms with Crippen molar-refractivity contribution in [3.05, 3.63) is 76.5 Å². The van der Waals surface area contributed by atoms with Crippen LogP contribution in [0.5, 0.6) is 5.75 Å². The minimum absolute atomic E-state index is 0.0541. The van der Waals surface area contributed by atoms with Crippen molar-refractivity contribution in [1.29, 1.82) is 0 Å². The number of allylic oxidation sites excluding steroid dienone is 1. The quantitative estimate of drug-likeness (QED) is 0.255. The van der Waals surface area contributed by atoms with E-state index in [1.165, 1.54) is 0 Å². The summed E-state index contributed by atoms with van der Waals surface area (Å²) in [5.41, 5.74) is 1.88. The molecule has 1 aliphatic heterocycles. The van der Waals surface area contributed by atoms with Crippen molar-refractivity contribution < 1.29 is 13.9 Å². The molecule has 1 fully saturated rings. The summed E-state index contributed by atoms with van der Waals surface area (Å²) in [5.74, 6) is 1.51. The number of H-pyrrole nitrogens is 1. The minimum Gasteiger partial charge on any atom is -0.491 e. The normalized spacial score (nSPS) is 21.8. The Morgan fingerprint density at radius 3 is 2.84 bits per heavy atom. The van der Waals surface area contributed by atoms with Crippen LogP contribution < -0.4 is 10.5 Å². The van der Waals surface area contributed by atoms with Crippen LogP contribution in [-0.2, 0) is 16.9 Å². The van der Waals surface area contributed by atoms with Crippen molar-refractivity contribution in [2.75, 3.05) is 13.7 Å². The van der Waals surface area contributed by atoms with Gasteiger partial charge in [0.05, 0.1) is 11.6 Å². The van der Waals surface area contributed by atoms with Crippen molar-refractivity contribution in [2.45, 2.75) is 44.2 Å². The average Bonchev–Trinajstić information content (AvgIpc) is 3.64. The van der Waals surface area contributed by atoms with Gasteiger partial charge >= 0.3 is 5.76 Å². The molecule has 43 heavy (non-hydrogen) atoms. The predicted octanol–water partition coefficient (Wildman–Crippen LogP) is 4.94. The highest BCUT2D eigenvalue weighted by atomic mass is 35.5. The number of imidazole rings is 1. The fourth-order valence-electron chi connectivity index (χ4n) is 6.29. The van der Waals surface area contributed by atoms with E-state index in [9.17, 15) is 4.79 Å². The van der Waals surface area contributed by atoms with E-state index in [4.69, 9.17) is 45.4 Å². The zero-order chi connectivity index (χ0) is 29.6. The van der Waals surface area contributed by atoms with Gasteiger partial charge in [0.25, 0.3) is 5.89 Å². The number of fused-ring (bicyclic) bond motifs is 2. The fraction of sp³-hybridized carbons (Fsp3) is 0.367. The van der Waals surface area contributed by atoms with Crippen LogP contribution in [0.1, 0.15) is 43.6 Å². The minimum atomic E-state index is -1.02. The highest BCUT2D eigenvalue weighted by molar-refractivity contribution is 6.30. The topological polar surface area (TPSA) is 147 Å². The van der Waals surface area contributed by atoms with E-state index in [2.05, 4.69) is 32.4 Å². The summed E-state index contributed by atoms with van der Waals surface area (Å²) in [6.07, 6.45) is 11.8. The summed E-state index contributed by atoms with van der Waals surface area (Å²) >= 11 is 6.40. The van der Waals surface area contributed by atoms with Gasteiger partial charge < -0.3 is 18.5 Å². The lowest BCUT2D eigenvalue weighted by Crippen LogP contribution is -2.40. The Labute approximate surface area is 251 Å². The Hall–Kier alpha value is -4.42. The molecule has 1 atom stereocenters. The lowest BCUT2D eigenvalue weighted by molar-refractivity contribution is -0.0239. The Balaban J connectivity index is 1.51. The molecule has 2 aliphatic rings. The molecule has 0 saturated heterocycles. The van der Waals surface area contributed by atoms with E-state index in [0.717, 1.165) is 25.7 Å². The lowest BCUT2D eigenvalue weighted by atomic mass is 9.82. The molecule has 13 heteroatoms. The van der Waals surface area contributed by atoms with Crippen LogP contribution in [0.3, 0.4) is 0 Å².